The smallest absolute Gasteiger partial charge is 0.224 e. The zero-order valence-corrected chi connectivity index (χ0v) is 13.6. The van der Waals surface area contributed by atoms with E-state index in [0.717, 1.165) is 21.9 Å². The minimum atomic E-state index is 0.0326. The number of carbonyl (C=O) groups is 2. The van der Waals surface area contributed by atoms with E-state index in [1.165, 1.54) is 11.8 Å². The number of fused-ring (bicyclic) bond motifs is 1. The minimum absolute atomic E-state index is 0.0326. The van der Waals surface area contributed by atoms with Crippen molar-refractivity contribution in [1.82, 2.24) is 0 Å². The molecule has 3 rings (SSSR count). The van der Waals surface area contributed by atoms with Gasteiger partial charge in [0.15, 0.2) is 5.78 Å². The normalized spacial score (nSPS) is 13.2. The quantitative estimate of drug-likeness (QED) is 0.674. The Kier molecular flexibility index (Phi) is 4.67. The summed E-state index contributed by atoms with van der Waals surface area (Å²) in [5, 5.41) is 2.83. The Morgan fingerprint density at radius 2 is 2.09 bits per heavy atom. The topological polar surface area (TPSA) is 55.4 Å². The number of benzene rings is 2. The number of amides is 1. The molecule has 0 atom stereocenters. The number of ketones is 1. The minimum Gasteiger partial charge on any atom is -0.497 e. The van der Waals surface area contributed by atoms with E-state index < -0.39 is 0 Å². The van der Waals surface area contributed by atoms with Crippen LogP contribution in [0.5, 0.6) is 5.75 Å². The Hall–Kier alpha value is -2.27. The van der Waals surface area contributed by atoms with Crippen LogP contribution >= 0.6 is 11.8 Å². The van der Waals surface area contributed by atoms with Crippen LogP contribution in [-0.4, -0.2) is 24.6 Å². The van der Waals surface area contributed by atoms with Crippen LogP contribution in [0.3, 0.4) is 0 Å². The van der Waals surface area contributed by atoms with Gasteiger partial charge in [-0.2, -0.15) is 0 Å². The van der Waals surface area contributed by atoms with E-state index in [1.54, 1.807) is 13.2 Å². The van der Waals surface area contributed by atoms with Gasteiger partial charge in [0.1, 0.15) is 5.75 Å². The molecule has 1 aliphatic rings. The van der Waals surface area contributed by atoms with E-state index in [4.69, 9.17) is 4.74 Å². The van der Waals surface area contributed by atoms with E-state index in [1.807, 2.05) is 36.4 Å². The van der Waals surface area contributed by atoms with Gasteiger partial charge in [0.25, 0.3) is 0 Å². The number of nitrogens with one attached hydrogen (secondary N) is 1. The molecular weight excluding hydrogens is 310 g/mol. The van der Waals surface area contributed by atoms with E-state index in [-0.39, 0.29) is 11.7 Å². The Bertz CT molecular complexity index is 758. The largest absolute Gasteiger partial charge is 0.497 e. The summed E-state index contributed by atoms with van der Waals surface area (Å²) in [5.41, 5.74) is 2.54. The average molecular weight is 327 g/mol. The van der Waals surface area contributed by atoms with E-state index >= 15 is 0 Å². The zero-order valence-electron chi connectivity index (χ0n) is 12.8. The molecule has 0 unspecified atom stereocenters. The van der Waals surface area contributed by atoms with Crippen LogP contribution < -0.4 is 10.1 Å². The summed E-state index contributed by atoms with van der Waals surface area (Å²) in [5.74, 6) is 1.27. The molecule has 1 heterocycles. The lowest BCUT2D eigenvalue weighted by Crippen LogP contribution is -2.19. The molecule has 0 aliphatic carbocycles. The van der Waals surface area contributed by atoms with Gasteiger partial charge in [-0.3, -0.25) is 9.59 Å². The third-order valence-corrected chi connectivity index (χ3v) is 4.73. The molecule has 1 amide bonds. The summed E-state index contributed by atoms with van der Waals surface area (Å²) < 4.78 is 5.18. The number of anilines is 1. The lowest BCUT2D eigenvalue weighted by molar-refractivity contribution is -0.116. The standard InChI is InChI=1S/C18H17NO3S/c1-22-14-3-2-4-15(10-14)23-11-17(20)13-5-7-16-12(9-13)6-8-18(21)19-16/h2-5,7,9-10H,6,8,11H2,1H3,(H,19,21). The Balaban J connectivity index is 1.67. The van der Waals surface area contributed by atoms with E-state index in [9.17, 15) is 9.59 Å². The SMILES string of the molecule is COc1cccc(SCC(=O)c2ccc3c(c2)CCC(=O)N3)c1. The average Bonchev–Trinajstić information content (AvgIpc) is 2.59. The first-order chi connectivity index (χ1) is 11.2. The highest BCUT2D eigenvalue weighted by Crippen LogP contribution is 2.26. The van der Waals surface area contributed by atoms with Crippen LogP contribution in [0.25, 0.3) is 0 Å². The van der Waals surface area contributed by atoms with Gasteiger partial charge in [-0.05, 0) is 48.4 Å². The summed E-state index contributed by atoms with van der Waals surface area (Å²) in [6.45, 7) is 0. The number of rotatable bonds is 5. The number of Topliss-reactive ketones (excluding diaryl/α,β-unsaturated/α-hetero) is 1. The first-order valence-corrected chi connectivity index (χ1v) is 8.37. The molecule has 5 heteroatoms. The van der Waals surface area contributed by atoms with Crippen LogP contribution in [0.15, 0.2) is 47.4 Å². The van der Waals surface area contributed by atoms with Crippen molar-refractivity contribution in [3.8, 4) is 5.75 Å². The van der Waals surface area contributed by atoms with Crippen molar-refractivity contribution in [2.24, 2.45) is 0 Å². The molecule has 0 aromatic heterocycles. The first-order valence-electron chi connectivity index (χ1n) is 7.38. The summed E-state index contributed by atoms with van der Waals surface area (Å²) in [7, 11) is 1.63. The fourth-order valence-electron chi connectivity index (χ4n) is 2.48. The van der Waals surface area contributed by atoms with Crippen LogP contribution in [-0.2, 0) is 11.2 Å². The second kappa shape index (κ2) is 6.87. The fourth-order valence-corrected chi connectivity index (χ4v) is 3.32. The van der Waals surface area contributed by atoms with Crippen LogP contribution in [0.2, 0.25) is 0 Å². The third-order valence-electron chi connectivity index (χ3n) is 3.73. The number of hydrogen-bond donors (Lipinski definition) is 1. The summed E-state index contributed by atoms with van der Waals surface area (Å²) in [6.07, 6.45) is 1.16. The second-order valence-electron chi connectivity index (χ2n) is 5.31. The first kappa shape index (κ1) is 15.6. The van der Waals surface area contributed by atoms with Crippen molar-refractivity contribution < 1.29 is 14.3 Å². The zero-order chi connectivity index (χ0) is 16.2. The maximum absolute atomic E-state index is 12.4. The van der Waals surface area contributed by atoms with Crippen LogP contribution in [0, 0.1) is 0 Å². The van der Waals surface area contributed by atoms with Gasteiger partial charge >= 0.3 is 0 Å². The van der Waals surface area contributed by atoms with Gasteiger partial charge < -0.3 is 10.1 Å². The van der Waals surface area contributed by atoms with E-state index in [0.29, 0.717) is 24.2 Å². The fraction of sp³-hybridized carbons (Fsp3) is 0.222. The number of aryl methyl sites for hydroxylation is 1. The molecule has 2 aromatic rings. The molecule has 0 fully saturated rings. The van der Waals surface area contributed by atoms with Crippen molar-refractivity contribution in [1.29, 1.82) is 0 Å². The highest BCUT2D eigenvalue weighted by atomic mass is 32.2. The predicted molar refractivity (Wildman–Crippen MR) is 91.4 cm³/mol. The summed E-state index contributed by atoms with van der Waals surface area (Å²) >= 11 is 1.49. The second-order valence-corrected chi connectivity index (χ2v) is 6.36. The lowest BCUT2D eigenvalue weighted by atomic mass is 9.99. The van der Waals surface area contributed by atoms with Crippen LogP contribution in [0.4, 0.5) is 5.69 Å². The van der Waals surface area contributed by atoms with Gasteiger partial charge in [-0.1, -0.05) is 6.07 Å². The number of carbonyl (C=O) groups excluding carboxylic acids is 2. The molecule has 2 aromatic carbocycles. The highest BCUT2D eigenvalue weighted by Gasteiger charge is 2.16. The van der Waals surface area contributed by atoms with E-state index in [2.05, 4.69) is 5.32 Å². The Morgan fingerprint density at radius 3 is 2.91 bits per heavy atom. The Morgan fingerprint density at radius 1 is 1.22 bits per heavy atom. The molecule has 1 N–H and O–H groups in total. The van der Waals surface area contributed by atoms with Gasteiger partial charge in [-0.15, -0.1) is 11.8 Å². The van der Waals surface area contributed by atoms with Crippen LogP contribution in [0.1, 0.15) is 22.3 Å². The molecule has 118 valence electrons. The van der Waals surface area contributed by atoms with Crippen molar-refractivity contribution >= 4 is 29.1 Å². The molecule has 0 spiro atoms. The molecule has 0 radical (unpaired) electrons. The molecule has 0 bridgehead atoms. The third kappa shape index (κ3) is 3.74. The maximum atomic E-state index is 12.4. The van der Waals surface area contributed by atoms with Gasteiger partial charge in [-0.25, -0.2) is 0 Å². The summed E-state index contributed by atoms with van der Waals surface area (Å²) in [6, 6.07) is 13.2. The highest BCUT2D eigenvalue weighted by molar-refractivity contribution is 8.00. The predicted octanol–water partition coefficient (Wildman–Crippen LogP) is 3.55. The summed E-state index contributed by atoms with van der Waals surface area (Å²) in [4.78, 5) is 24.8. The number of methoxy groups -OCH3 is 1. The van der Waals surface area contributed by atoms with Gasteiger partial charge in [0.05, 0.1) is 12.9 Å². The van der Waals surface area contributed by atoms with Crippen molar-refractivity contribution in [3.63, 3.8) is 0 Å². The van der Waals surface area contributed by atoms with Crippen molar-refractivity contribution in [3.05, 3.63) is 53.6 Å². The van der Waals surface area contributed by atoms with Gasteiger partial charge in [0, 0.05) is 22.6 Å². The Labute approximate surface area is 139 Å². The number of hydrogen-bond acceptors (Lipinski definition) is 4. The lowest BCUT2D eigenvalue weighted by Gasteiger charge is -2.17. The van der Waals surface area contributed by atoms with Crippen molar-refractivity contribution in [2.45, 2.75) is 17.7 Å². The molecule has 0 saturated carbocycles. The molecule has 23 heavy (non-hydrogen) atoms. The molecule has 1 aliphatic heterocycles. The molecule has 4 nitrogen and oxygen atoms in total. The molecule has 0 saturated heterocycles. The number of ether oxygens (including phenoxy) is 1. The van der Waals surface area contributed by atoms with Crippen molar-refractivity contribution in [2.75, 3.05) is 18.2 Å². The monoisotopic (exact) mass is 327 g/mol. The molecular formula is C18H17NO3S. The maximum Gasteiger partial charge on any atom is 0.224 e. The van der Waals surface area contributed by atoms with Gasteiger partial charge in [0.2, 0.25) is 5.91 Å². The number of thioether (sulfide) groups is 1.